The lowest BCUT2D eigenvalue weighted by Gasteiger charge is -2.31. The average molecular weight is 424 g/mol. The number of nitrogens with one attached hydrogen (secondary N) is 1. The van der Waals surface area contributed by atoms with E-state index in [1.165, 1.54) is 6.07 Å². The monoisotopic (exact) mass is 424 g/mol. The van der Waals surface area contributed by atoms with E-state index in [9.17, 15) is 14.4 Å². The van der Waals surface area contributed by atoms with Crippen molar-refractivity contribution in [2.75, 3.05) is 16.8 Å². The third-order valence-corrected chi connectivity index (χ3v) is 4.75. The predicted molar refractivity (Wildman–Crippen MR) is 118 cm³/mol. The molecule has 0 spiro atoms. The fourth-order valence-corrected chi connectivity index (χ4v) is 3.41. The molecule has 3 rings (SSSR count). The molecule has 2 aromatic carbocycles. The number of esters is 1. The van der Waals surface area contributed by atoms with Crippen molar-refractivity contribution in [2.45, 2.75) is 52.2 Å². The molecule has 1 atom stereocenters. The molecular weight excluding hydrogens is 396 g/mol. The molecule has 0 unspecified atom stereocenters. The minimum absolute atomic E-state index is 0.229. The maximum Gasteiger partial charge on any atom is 0.412 e. The topological polar surface area (TPSA) is 84.9 Å². The van der Waals surface area contributed by atoms with E-state index in [1.54, 1.807) is 50.8 Å². The number of fused-ring (bicyclic) bond motifs is 1. The number of aryl methyl sites for hydroxylation is 1. The van der Waals surface area contributed by atoms with Gasteiger partial charge >= 0.3 is 12.1 Å². The van der Waals surface area contributed by atoms with Gasteiger partial charge in [-0.3, -0.25) is 10.1 Å². The van der Waals surface area contributed by atoms with Crippen molar-refractivity contribution in [1.82, 2.24) is 0 Å². The van der Waals surface area contributed by atoms with Crippen LogP contribution in [0.2, 0.25) is 0 Å². The van der Waals surface area contributed by atoms with Gasteiger partial charge in [-0.1, -0.05) is 24.3 Å². The van der Waals surface area contributed by atoms with Gasteiger partial charge in [-0.15, -0.1) is 0 Å². The van der Waals surface area contributed by atoms with Gasteiger partial charge in [0.15, 0.2) is 6.10 Å². The predicted octanol–water partition coefficient (Wildman–Crippen LogP) is 4.56. The molecule has 0 aromatic heterocycles. The van der Waals surface area contributed by atoms with Gasteiger partial charge in [0.2, 0.25) is 0 Å². The third kappa shape index (κ3) is 5.84. The Bertz CT molecular complexity index is 980. The number of ether oxygens (including phenoxy) is 2. The van der Waals surface area contributed by atoms with Crippen molar-refractivity contribution in [1.29, 1.82) is 0 Å². The molecule has 0 aliphatic carbocycles. The van der Waals surface area contributed by atoms with Crippen molar-refractivity contribution in [2.24, 2.45) is 0 Å². The molecule has 0 bridgehead atoms. The zero-order chi connectivity index (χ0) is 22.6. The number of anilines is 2. The van der Waals surface area contributed by atoms with Crippen LogP contribution in [0.4, 0.5) is 16.2 Å². The Balaban J connectivity index is 1.65. The molecule has 31 heavy (non-hydrogen) atoms. The molecule has 0 saturated heterocycles. The number of amides is 2. The van der Waals surface area contributed by atoms with Crippen LogP contribution in [0.5, 0.6) is 0 Å². The molecule has 2 aromatic rings. The van der Waals surface area contributed by atoms with Crippen LogP contribution < -0.4 is 10.2 Å². The summed E-state index contributed by atoms with van der Waals surface area (Å²) in [5, 5.41) is 2.59. The fourth-order valence-electron chi connectivity index (χ4n) is 3.41. The van der Waals surface area contributed by atoms with Crippen LogP contribution >= 0.6 is 0 Å². The lowest BCUT2D eigenvalue weighted by Crippen LogP contribution is -2.42. The number of hydrogen-bond donors (Lipinski definition) is 1. The standard InChI is InChI=1S/C24H28N2O5/c1-16(21(27)26-14-8-11-17-9-5-6-13-20(17)26)30-22(28)18-10-7-12-19(15-18)25-23(29)31-24(2,3)4/h5-7,9-10,12-13,15-16H,8,11,14H2,1-4H3,(H,25,29)/t16-/m0/s1. The van der Waals surface area contributed by atoms with Crippen LogP contribution in [0.1, 0.15) is 50.0 Å². The summed E-state index contributed by atoms with van der Waals surface area (Å²) in [5.41, 5.74) is 1.97. The Morgan fingerprint density at radius 2 is 1.81 bits per heavy atom. The summed E-state index contributed by atoms with van der Waals surface area (Å²) in [6.45, 7) is 7.45. The summed E-state index contributed by atoms with van der Waals surface area (Å²) in [7, 11) is 0. The van der Waals surface area contributed by atoms with E-state index in [0.29, 0.717) is 12.2 Å². The highest BCUT2D eigenvalue weighted by atomic mass is 16.6. The first-order chi connectivity index (χ1) is 14.6. The SMILES string of the molecule is C[C@H](OC(=O)c1cccc(NC(=O)OC(C)(C)C)c1)C(=O)N1CCCc2ccccc21. The summed E-state index contributed by atoms with van der Waals surface area (Å²) < 4.78 is 10.7. The maximum atomic E-state index is 12.9. The highest BCUT2D eigenvalue weighted by molar-refractivity contribution is 6.00. The van der Waals surface area contributed by atoms with Gasteiger partial charge in [0.25, 0.3) is 5.91 Å². The number of para-hydroxylation sites is 1. The zero-order valence-corrected chi connectivity index (χ0v) is 18.3. The van der Waals surface area contributed by atoms with Crippen molar-refractivity contribution in [3.63, 3.8) is 0 Å². The summed E-state index contributed by atoms with van der Waals surface area (Å²) in [4.78, 5) is 39.2. The minimum Gasteiger partial charge on any atom is -0.449 e. The van der Waals surface area contributed by atoms with E-state index in [-0.39, 0.29) is 11.5 Å². The molecule has 7 nitrogen and oxygen atoms in total. The highest BCUT2D eigenvalue weighted by Gasteiger charge is 2.28. The van der Waals surface area contributed by atoms with Crippen LogP contribution in [0, 0.1) is 0 Å². The van der Waals surface area contributed by atoms with Gasteiger partial charge in [0, 0.05) is 17.9 Å². The largest absolute Gasteiger partial charge is 0.449 e. The molecule has 2 amide bonds. The lowest BCUT2D eigenvalue weighted by atomic mass is 10.0. The van der Waals surface area contributed by atoms with Crippen molar-refractivity contribution in [3.8, 4) is 0 Å². The summed E-state index contributed by atoms with van der Waals surface area (Å²) >= 11 is 0. The smallest absolute Gasteiger partial charge is 0.412 e. The first kappa shape index (κ1) is 22.3. The van der Waals surface area contributed by atoms with E-state index < -0.39 is 23.8 Å². The summed E-state index contributed by atoms with van der Waals surface area (Å²) in [6.07, 6.45) is 0.222. The first-order valence-electron chi connectivity index (χ1n) is 10.3. The van der Waals surface area contributed by atoms with Gasteiger partial charge in [-0.2, -0.15) is 0 Å². The van der Waals surface area contributed by atoms with Crippen molar-refractivity contribution in [3.05, 3.63) is 59.7 Å². The number of carbonyl (C=O) groups is 3. The molecule has 1 N–H and O–H groups in total. The molecular formula is C24H28N2O5. The molecule has 1 aliphatic heterocycles. The second-order valence-electron chi connectivity index (χ2n) is 8.48. The highest BCUT2D eigenvalue weighted by Crippen LogP contribution is 2.27. The van der Waals surface area contributed by atoms with Crippen LogP contribution in [-0.4, -0.2) is 36.2 Å². The molecule has 0 radical (unpaired) electrons. The van der Waals surface area contributed by atoms with Gasteiger partial charge in [0.05, 0.1) is 5.56 Å². The number of hydrogen-bond acceptors (Lipinski definition) is 5. The number of benzene rings is 2. The Kier molecular flexibility index (Phi) is 6.63. The molecule has 164 valence electrons. The zero-order valence-electron chi connectivity index (χ0n) is 18.3. The quantitative estimate of drug-likeness (QED) is 0.728. The van der Waals surface area contributed by atoms with Crippen molar-refractivity contribution >= 4 is 29.3 Å². The second-order valence-corrected chi connectivity index (χ2v) is 8.48. The molecule has 1 aliphatic rings. The van der Waals surface area contributed by atoms with Crippen molar-refractivity contribution < 1.29 is 23.9 Å². The molecule has 1 heterocycles. The van der Waals surface area contributed by atoms with E-state index >= 15 is 0 Å². The number of rotatable bonds is 4. The van der Waals surface area contributed by atoms with Crippen LogP contribution in [0.15, 0.2) is 48.5 Å². The summed E-state index contributed by atoms with van der Waals surface area (Å²) in [6, 6.07) is 14.1. The summed E-state index contributed by atoms with van der Waals surface area (Å²) in [5.74, 6) is -0.900. The minimum atomic E-state index is -0.943. The first-order valence-corrected chi connectivity index (χ1v) is 10.3. The van der Waals surface area contributed by atoms with Gasteiger partial charge in [-0.25, -0.2) is 9.59 Å². The lowest BCUT2D eigenvalue weighted by molar-refractivity contribution is -0.126. The second kappa shape index (κ2) is 9.20. The number of carbonyl (C=O) groups excluding carboxylic acids is 3. The molecule has 0 saturated carbocycles. The van der Waals surface area contributed by atoms with Gasteiger partial charge in [0.1, 0.15) is 5.60 Å². The maximum absolute atomic E-state index is 12.9. The molecule has 7 heteroatoms. The van der Waals surface area contributed by atoms with Crippen LogP contribution in [0.25, 0.3) is 0 Å². The van der Waals surface area contributed by atoms with Gasteiger partial charge in [-0.05, 0) is 70.4 Å². The van der Waals surface area contributed by atoms with E-state index in [0.717, 1.165) is 24.1 Å². The Hall–Kier alpha value is -3.35. The average Bonchev–Trinajstić information content (AvgIpc) is 2.71. The van der Waals surface area contributed by atoms with Gasteiger partial charge < -0.3 is 14.4 Å². The fraction of sp³-hybridized carbons (Fsp3) is 0.375. The van der Waals surface area contributed by atoms with Crippen LogP contribution in [-0.2, 0) is 20.7 Å². The Morgan fingerprint density at radius 3 is 2.55 bits per heavy atom. The van der Waals surface area contributed by atoms with Crippen LogP contribution in [0.3, 0.4) is 0 Å². The molecule has 0 fully saturated rings. The Labute approximate surface area is 182 Å². The van der Waals surface area contributed by atoms with E-state index in [4.69, 9.17) is 9.47 Å². The van der Waals surface area contributed by atoms with E-state index in [2.05, 4.69) is 5.32 Å². The Morgan fingerprint density at radius 1 is 1.06 bits per heavy atom. The van der Waals surface area contributed by atoms with E-state index in [1.807, 2.05) is 24.3 Å². The number of nitrogens with zero attached hydrogens (tertiary/aromatic N) is 1. The third-order valence-electron chi connectivity index (χ3n) is 4.75. The normalized spacial score (nSPS) is 14.3.